The van der Waals surface area contributed by atoms with Crippen LogP contribution in [0.5, 0.6) is 5.75 Å². The maximum absolute atomic E-state index is 11.8. The van der Waals surface area contributed by atoms with Gasteiger partial charge in [0.15, 0.2) is 0 Å². The first-order valence-corrected chi connectivity index (χ1v) is 12.9. The van der Waals surface area contributed by atoms with Crippen LogP contribution in [0.1, 0.15) is 63.5 Å². The van der Waals surface area contributed by atoms with Crippen LogP contribution in [-0.2, 0) is 16.0 Å². The van der Waals surface area contributed by atoms with Crippen LogP contribution in [0.15, 0.2) is 54.6 Å². The van der Waals surface area contributed by atoms with Gasteiger partial charge >= 0.3 is 12.1 Å². The second kappa shape index (κ2) is 13.3. The molecule has 1 aliphatic carbocycles. The summed E-state index contributed by atoms with van der Waals surface area (Å²) in [7, 11) is 0. The first-order chi connectivity index (χ1) is 17.2. The molecule has 4 rings (SSSR count). The monoisotopic (exact) mass is 496 g/mol. The number of benzene rings is 2. The van der Waals surface area contributed by atoms with Crippen LogP contribution in [0.4, 0.5) is 4.79 Å². The van der Waals surface area contributed by atoms with Gasteiger partial charge in [-0.15, -0.1) is 0 Å². The Kier molecular flexibility index (Phi) is 10.2. The number of carbonyl (C=O) groups excluding carboxylic acids is 1. The molecule has 7 heteroatoms. The lowest BCUT2D eigenvalue weighted by Crippen LogP contribution is -2.46. The summed E-state index contributed by atoms with van der Waals surface area (Å²) in [5.74, 6) is 0.810. The Bertz CT molecular complexity index is 944. The molecule has 0 unspecified atom stereocenters. The van der Waals surface area contributed by atoms with E-state index in [2.05, 4.69) is 40.5 Å². The molecule has 2 aromatic rings. The number of piperidine rings is 1. The van der Waals surface area contributed by atoms with Gasteiger partial charge in [-0.2, -0.15) is 0 Å². The molecule has 7 nitrogen and oxygen atoms in total. The van der Waals surface area contributed by atoms with Gasteiger partial charge in [-0.25, -0.2) is 4.79 Å². The zero-order valence-electron chi connectivity index (χ0n) is 21.7. The number of rotatable bonds is 8. The van der Waals surface area contributed by atoms with Gasteiger partial charge in [0.05, 0.1) is 6.42 Å². The molecule has 36 heavy (non-hydrogen) atoms. The highest BCUT2D eigenvalue weighted by Gasteiger charge is 2.24. The molecule has 2 fully saturated rings. The summed E-state index contributed by atoms with van der Waals surface area (Å²) >= 11 is 0. The van der Waals surface area contributed by atoms with Crippen LogP contribution >= 0.6 is 0 Å². The highest BCUT2D eigenvalue weighted by Crippen LogP contribution is 2.39. The first kappa shape index (κ1) is 27.5. The molecule has 1 saturated heterocycles. The van der Waals surface area contributed by atoms with E-state index in [0.717, 1.165) is 49.7 Å². The fourth-order valence-electron chi connectivity index (χ4n) is 4.09. The molecule has 1 aliphatic heterocycles. The predicted octanol–water partition coefficient (Wildman–Crippen LogP) is 5.25. The lowest BCUT2D eigenvalue weighted by atomic mass is 10.1. The second-order valence-corrected chi connectivity index (χ2v) is 10.5. The third kappa shape index (κ3) is 10.7. The fraction of sp³-hybridized carbons (Fsp3) is 0.517. The topological polar surface area (TPSA) is 88.1 Å². The number of alkyl carbamates (subject to hydrolysis) is 1. The van der Waals surface area contributed by atoms with Gasteiger partial charge in [-0.3, -0.25) is 9.69 Å². The lowest BCUT2D eigenvalue weighted by Gasteiger charge is -2.32. The van der Waals surface area contributed by atoms with Crippen LogP contribution in [0.2, 0.25) is 0 Å². The van der Waals surface area contributed by atoms with Crippen molar-refractivity contribution in [3.63, 3.8) is 0 Å². The molecule has 1 saturated carbocycles. The summed E-state index contributed by atoms with van der Waals surface area (Å²) in [6.07, 6.45) is 4.27. The minimum absolute atomic E-state index is 0.0204. The number of carbonyl (C=O) groups is 2. The number of likely N-dealkylation sites (tertiary alicyclic amines) is 1. The zero-order valence-corrected chi connectivity index (χ0v) is 21.7. The maximum atomic E-state index is 11.8. The van der Waals surface area contributed by atoms with E-state index in [9.17, 15) is 9.59 Å². The number of hydrogen-bond donors (Lipinski definition) is 2. The summed E-state index contributed by atoms with van der Waals surface area (Å²) in [6, 6.07) is 18.1. The van der Waals surface area contributed by atoms with Crippen molar-refractivity contribution >= 4 is 12.1 Å². The van der Waals surface area contributed by atoms with Crippen molar-refractivity contribution in [2.75, 3.05) is 26.2 Å². The summed E-state index contributed by atoms with van der Waals surface area (Å²) < 4.78 is 11.0. The van der Waals surface area contributed by atoms with Gasteiger partial charge in [0, 0.05) is 25.7 Å². The van der Waals surface area contributed by atoms with Crippen molar-refractivity contribution in [2.45, 2.75) is 70.4 Å². The second-order valence-electron chi connectivity index (χ2n) is 10.5. The van der Waals surface area contributed by atoms with E-state index in [4.69, 9.17) is 14.6 Å². The van der Waals surface area contributed by atoms with Crippen molar-refractivity contribution < 1.29 is 24.2 Å². The molecule has 0 bridgehead atoms. The minimum atomic E-state index is -0.840. The molecule has 0 aromatic heterocycles. The van der Waals surface area contributed by atoms with Gasteiger partial charge in [0.1, 0.15) is 18.0 Å². The third-order valence-electron chi connectivity index (χ3n) is 6.11. The van der Waals surface area contributed by atoms with E-state index in [-0.39, 0.29) is 18.6 Å². The summed E-state index contributed by atoms with van der Waals surface area (Å²) in [5.41, 5.74) is 1.81. The largest absolute Gasteiger partial charge is 0.492 e. The number of ether oxygens (including phenoxy) is 2. The smallest absolute Gasteiger partial charge is 0.407 e. The lowest BCUT2D eigenvalue weighted by molar-refractivity contribution is -0.136. The van der Waals surface area contributed by atoms with Crippen molar-refractivity contribution in [3.05, 3.63) is 65.7 Å². The molecule has 0 radical (unpaired) electrons. The van der Waals surface area contributed by atoms with E-state index in [0.29, 0.717) is 6.61 Å². The van der Waals surface area contributed by atoms with Gasteiger partial charge in [0.2, 0.25) is 0 Å². The Hall–Kier alpha value is -3.06. The molecular formula is C29H40N2O5. The number of carboxylic acid groups (broad SMARTS) is 1. The number of hydrogen-bond acceptors (Lipinski definition) is 5. The molecule has 0 spiro atoms. The normalized spacial score (nSPS) is 16.4. The summed E-state index contributed by atoms with van der Waals surface area (Å²) in [6.45, 7) is 8.76. The molecular weight excluding hydrogens is 456 g/mol. The Morgan fingerprint density at radius 2 is 1.61 bits per heavy atom. The van der Waals surface area contributed by atoms with E-state index in [1.54, 1.807) is 24.3 Å². The Balaban J connectivity index is 0.000000331. The minimum Gasteiger partial charge on any atom is -0.492 e. The SMILES string of the molecule is CC(C)(C)OC(=O)NC1CCN(CCOc2ccc(CC(=O)O)cc2)CC1.c1ccc(C2CC2)cc1. The number of nitrogens with zero attached hydrogens (tertiary/aromatic N) is 1. The molecule has 0 atom stereocenters. The van der Waals surface area contributed by atoms with E-state index >= 15 is 0 Å². The Labute approximate surface area is 214 Å². The average Bonchev–Trinajstić information content (AvgIpc) is 3.67. The summed E-state index contributed by atoms with van der Waals surface area (Å²) in [4.78, 5) is 24.8. The molecule has 1 heterocycles. The fourth-order valence-corrected chi connectivity index (χ4v) is 4.09. The van der Waals surface area contributed by atoms with Crippen LogP contribution in [0.25, 0.3) is 0 Å². The summed E-state index contributed by atoms with van der Waals surface area (Å²) in [5, 5.41) is 11.7. The number of aliphatic carboxylic acids is 1. The number of amides is 1. The van der Waals surface area contributed by atoms with Crippen LogP contribution in [0, 0.1) is 0 Å². The molecule has 2 aliphatic rings. The van der Waals surface area contributed by atoms with Gasteiger partial charge in [-0.05, 0) is 75.6 Å². The first-order valence-electron chi connectivity index (χ1n) is 12.9. The predicted molar refractivity (Wildman–Crippen MR) is 141 cm³/mol. The van der Waals surface area contributed by atoms with E-state index < -0.39 is 11.6 Å². The van der Waals surface area contributed by atoms with Crippen LogP contribution < -0.4 is 10.1 Å². The van der Waals surface area contributed by atoms with E-state index in [1.807, 2.05) is 20.8 Å². The van der Waals surface area contributed by atoms with Crippen molar-refractivity contribution in [1.82, 2.24) is 10.2 Å². The molecule has 196 valence electrons. The molecule has 1 amide bonds. The number of carboxylic acids is 1. The molecule has 2 N–H and O–H groups in total. The highest BCUT2D eigenvalue weighted by molar-refractivity contribution is 5.70. The Morgan fingerprint density at radius 3 is 2.17 bits per heavy atom. The van der Waals surface area contributed by atoms with Crippen LogP contribution in [0.3, 0.4) is 0 Å². The van der Waals surface area contributed by atoms with Crippen LogP contribution in [-0.4, -0.2) is 60.0 Å². The molecule has 2 aromatic carbocycles. The van der Waals surface area contributed by atoms with Crippen molar-refractivity contribution in [2.24, 2.45) is 0 Å². The maximum Gasteiger partial charge on any atom is 0.407 e. The van der Waals surface area contributed by atoms with Gasteiger partial charge < -0.3 is 19.9 Å². The van der Waals surface area contributed by atoms with Crippen molar-refractivity contribution in [3.8, 4) is 5.75 Å². The standard InChI is InChI=1S/C20H30N2O5.C9H10/c1-20(2,3)27-19(25)21-16-8-10-22(11-9-16)12-13-26-17-6-4-15(5-7-17)14-18(23)24;1-2-4-8(5-3-1)9-6-7-9/h4-7,16H,8-14H2,1-3H3,(H,21,25)(H,23,24);1-5,9H,6-7H2. The average molecular weight is 497 g/mol. The highest BCUT2D eigenvalue weighted by atomic mass is 16.6. The van der Waals surface area contributed by atoms with E-state index in [1.165, 1.54) is 18.4 Å². The quantitative estimate of drug-likeness (QED) is 0.519. The van der Waals surface area contributed by atoms with Gasteiger partial charge in [0.25, 0.3) is 0 Å². The number of nitrogens with one attached hydrogen (secondary N) is 1. The van der Waals surface area contributed by atoms with Crippen molar-refractivity contribution in [1.29, 1.82) is 0 Å². The Morgan fingerprint density at radius 1 is 0.972 bits per heavy atom. The van der Waals surface area contributed by atoms with Gasteiger partial charge in [-0.1, -0.05) is 42.5 Å². The third-order valence-corrected chi connectivity index (χ3v) is 6.11. The zero-order chi connectivity index (χ0) is 26.0.